The van der Waals surface area contributed by atoms with Crippen molar-refractivity contribution in [3.8, 4) is 0 Å². The SMILES string of the molecule is CC[C@H]1N(S(=O)C(C)(C)C)C1(C)C. The van der Waals surface area contributed by atoms with E-state index in [2.05, 4.69) is 25.1 Å². The number of nitrogens with zero attached hydrogens (tertiary/aromatic N) is 1. The van der Waals surface area contributed by atoms with Crippen LogP contribution in [0.25, 0.3) is 0 Å². The van der Waals surface area contributed by atoms with Crippen molar-refractivity contribution >= 4 is 11.0 Å². The second-order valence-corrected chi connectivity index (χ2v) is 7.38. The van der Waals surface area contributed by atoms with E-state index in [0.29, 0.717) is 6.04 Å². The topological polar surface area (TPSA) is 20.1 Å². The summed E-state index contributed by atoms with van der Waals surface area (Å²) in [6.45, 7) is 12.6. The third-order valence-electron chi connectivity index (χ3n) is 2.69. The molecule has 1 heterocycles. The van der Waals surface area contributed by atoms with E-state index in [0.717, 1.165) is 6.42 Å². The molecule has 1 fully saturated rings. The molecule has 1 aliphatic rings. The summed E-state index contributed by atoms with van der Waals surface area (Å²) in [6, 6.07) is 0.507. The second-order valence-electron chi connectivity index (χ2n) is 5.27. The lowest BCUT2D eigenvalue weighted by Gasteiger charge is -2.19. The highest BCUT2D eigenvalue weighted by Gasteiger charge is 2.59. The Bertz CT molecular complexity index is 230. The zero-order chi connectivity index (χ0) is 10.4. The van der Waals surface area contributed by atoms with E-state index >= 15 is 0 Å². The van der Waals surface area contributed by atoms with Crippen LogP contribution in [0.2, 0.25) is 0 Å². The number of hydrogen-bond acceptors (Lipinski definition) is 1. The van der Waals surface area contributed by atoms with Gasteiger partial charge in [-0.05, 0) is 41.0 Å². The van der Waals surface area contributed by atoms with Crippen molar-refractivity contribution in [3.63, 3.8) is 0 Å². The van der Waals surface area contributed by atoms with Crippen LogP contribution in [0.15, 0.2) is 0 Å². The molecular weight excluding hydrogens is 182 g/mol. The molecule has 0 aromatic rings. The molecule has 0 aromatic heterocycles. The molecule has 2 unspecified atom stereocenters. The lowest BCUT2D eigenvalue weighted by Crippen LogP contribution is -2.30. The molecule has 0 N–H and O–H groups in total. The summed E-state index contributed by atoms with van der Waals surface area (Å²) in [5.41, 5.74) is 0.146. The maximum atomic E-state index is 12.0. The summed E-state index contributed by atoms with van der Waals surface area (Å²) < 4.78 is 14.1. The molecule has 2 nitrogen and oxygen atoms in total. The minimum absolute atomic E-state index is 0.124. The molecule has 0 amide bonds. The fraction of sp³-hybridized carbons (Fsp3) is 1.00. The number of rotatable bonds is 2. The Morgan fingerprint density at radius 2 is 1.85 bits per heavy atom. The van der Waals surface area contributed by atoms with E-state index in [-0.39, 0.29) is 10.3 Å². The van der Waals surface area contributed by atoms with Gasteiger partial charge in [-0.25, -0.2) is 8.51 Å². The molecule has 0 bridgehead atoms. The van der Waals surface area contributed by atoms with Gasteiger partial charge in [0.25, 0.3) is 0 Å². The van der Waals surface area contributed by atoms with Crippen molar-refractivity contribution in [2.75, 3.05) is 0 Å². The molecule has 0 aliphatic carbocycles. The highest BCUT2D eigenvalue weighted by Crippen LogP contribution is 2.46. The predicted octanol–water partition coefficient (Wildman–Crippen LogP) is 2.32. The summed E-state index contributed by atoms with van der Waals surface area (Å²) >= 11 is 0. The Morgan fingerprint density at radius 1 is 1.38 bits per heavy atom. The maximum Gasteiger partial charge on any atom is 0.101 e. The normalized spacial score (nSPS) is 34.3. The van der Waals surface area contributed by atoms with Gasteiger partial charge >= 0.3 is 0 Å². The van der Waals surface area contributed by atoms with E-state index in [1.165, 1.54) is 0 Å². The first kappa shape index (κ1) is 11.2. The van der Waals surface area contributed by atoms with Crippen molar-refractivity contribution in [2.24, 2.45) is 0 Å². The quantitative estimate of drug-likeness (QED) is 0.631. The molecule has 0 saturated carbocycles. The van der Waals surface area contributed by atoms with E-state index < -0.39 is 11.0 Å². The Kier molecular flexibility index (Phi) is 2.63. The predicted molar refractivity (Wildman–Crippen MR) is 57.9 cm³/mol. The van der Waals surface area contributed by atoms with Crippen LogP contribution in [0.3, 0.4) is 0 Å². The standard InChI is InChI=1S/C10H21NOS/c1-7-8-10(5,6)11(8)13(12)9(2,3)4/h8H,7H2,1-6H3/t8-,11?,13?/m1/s1. The molecule has 0 aromatic carbocycles. The van der Waals surface area contributed by atoms with Crippen molar-refractivity contribution in [1.82, 2.24) is 4.31 Å². The largest absolute Gasteiger partial charge is 0.242 e. The molecule has 0 spiro atoms. The van der Waals surface area contributed by atoms with Gasteiger partial charge in [-0.1, -0.05) is 6.92 Å². The fourth-order valence-electron chi connectivity index (χ4n) is 1.82. The van der Waals surface area contributed by atoms with Crippen molar-refractivity contribution in [2.45, 2.75) is 64.3 Å². The first-order valence-electron chi connectivity index (χ1n) is 4.94. The van der Waals surface area contributed by atoms with Gasteiger partial charge in [0.2, 0.25) is 0 Å². The summed E-state index contributed by atoms with van der Waals surface area (Å²) in [7, 11) is -0.844. The Hall–Kier alpha value is 0.110. The van der Waals surface area contributed by atoms with E-state index in [1.54, 1.807) is 0 Å². The van der Waals surface area contributed by atoms with Crippen LogP contribution in [0.4, 0.5) is 0 Å². The van der Waals surface area contributed by atoms with Gasteiger partial charge in [-0.2, -0.15) is 0 Å². The monoisotopic (exact) mass is 203 g/mol. The first-order chi connectivity index (χ1) is 5.73. The Labute approximate surface area is 84.3 Å². The molecule has 0 radical (unpaired) electrons. The second kappa shape index (κ2) is 3.06. The lowest BCUT2D eigenvalue weighted by atomic mass is 10.1. The van der Waals surface area contributed by atoms with Crippen LogP contribution in [0, 0.1) is 0 Å². The van der Waals surface area contributed by atoms with Crippen LogP contribution in [-0.2, 0) is 11.0 Å². The Balaban J connectivity index is 2.73. The van der Waals surface area contributed by atoms with Gasteiger partial charge in [0.1, 0.15) is 11.0 Å². The minimum atomic E-state index is -0.844. The highest BCUT2D eigenvalue weighted by molar-refractivity contribution is 7.84. The van der Waals surface area contributed by atoms with Gasteiger partial charge in [0.15, 0.2) is 0 Å². The zero-order valence-electron chi connectivity index (χ0n) is 9.55. The zero-order valence-corrected chi connectivity index (χ0v) is 10.4. The van der Waals surface area contributed by atoms with Gasteiger partial charge in [0, 0.05) is 11.6 Å². The van der Waals surface area contributed by atoms with Crippen LogP contribution in [0.1, 0.15) is 48.0 Å². The molecule has 1 saturated heterocycles. The van der Waals surface area contributed by atoms with E-state index in [1.807, 2.05) is 20.8 Å². The highest BCUT2D eigenvalue weighted by atomic mass is 32.2. The maximum absolute atomic E-state index is 12.0. The van der Waals surface area contributed by atoms with Crippen LogP contribution in [-0.4, -0.2) is 24.8 Å². The van der Waals surface area contributed by atoms with Crippen LogP contribution >= 0.6 is 0 Å². The molecule has 13 heavy (non-hydrogen) atoms. The Morgan fingerprint density at radius 3 is 2.08 bits per heavy atom. The number of hydrogen-bond donors (Lipinski definition) is 0. The van der Waals surface area contributed by atoms with Gasteiger partial charge in [0.05, 0.1) is 4.75 Å². The molecular formula is C10H21NOS. The minimum Gasteiger partial charge on any atom is -0.242 e. The van der Waals surface area contributed by atoms with Crippen molar-refractivity contribution < 1.29 is 4.21 Å². The van der Waals surface area contributed by atoms with E-state index in [4.69, 9.17) is 0 Å². The summed E-state index contributed by atoms with van der Waals surface area (Å²) in [4.78, 5) is 0. The van der Waals surface area contributed by atoms with E-state index in [9.17, 15) is 4.21 Å². The first-order valence-corrected chi connectivity index (χ1v) is 6.05. The third-order valence-corrected chi connectivity index (χ3v) is 4.82. The average Bonchev–Trinajstić information content (AvgIpc) is 2.49. The van der Waals surface area contributed by atoms with Crippen LogP contribution in [0.5, 0.6) is 0 Å². The molecule has 1 aliphatic heterocycles. The fourth-order valence-corrected chi connectivity index (χ4v) is 3.55. The van der Waals surface area contributed by atoms with Crippen molar-refractivity contribution in [1.29, 1.82) is 0 Å². The van der Waals surface area contributed by atoms with Gasteiger partial charge in [-0.3, -0.25) is 0 Å². The lowest BCUT2D eigenvalue weighted by molar-refractivity contribution is 0.570. The summed E-state index contributed by atoms with van der Waals surface area (Å²) in [5.74, 6) is 0. The third kappa shape index (κ3) is 1.82. The smallest absolute Gasteiger partial charge is 0.101 e. The summed E-state index contributed by atoms with van der Waals surface area (Å²) in [6.07, 6.45) is 1.09. The molecule has 3 heteroatoms. The van der Waals surface area contributed by atoms with Gasteiger partial charge < -0.3 is 0 Å². The van der Waals surface area contributed by atoms with Crippen LogP contribution < -0.4 is 0 Å². The van der Waals surface area contributed by atoms with Crippen molar-refractivity contribution in [3.05, 3.63) is 0 Å². The average molecular weight is 203 g/mol. The molecule has 1 rings (SSSR count). The van der Waals surface area contributed by atoms with Gasteiger partial charge in [-0.15, -0.1) is 0 Å². The molecule has 78 valence electrons. The molecule has 3 atom stereocenters. The summed E-state index contributed by atoms with van der Waals surface area (Å²) in [5, 5.41) is 0.